The third kappa shape index (κ3) is 1.95. The number of thiophene rings is 1. The van der Waals surface area contributed by atoms with Crippen LogP contribution in [0.15, 0.2) is 23.7 Å². The van der Waals surface area contributed by atoms with Crippen LogP contribution in [-0.4, -0.2) is 24.0 Å². The van der Waals surface area contributed by atoms with Gasteiger partial charge in [-0.25, -0.2) is 0 Å². The van der Waals surface area contributed by atoms with Crippen LogP contribution in [0.1, 0.15) is 12.8 Å². The quantitative estimate of drug-likeness (QED) is 0.899. The fourth-order valence-electron chi connectivity index (χ4n) is 2.54. The second-order valence-electron chi connectivity index (χ2n) is 4.65. The Morgan fingerprint density at radius 2 is 2.39 bits per heavy atom. The van der Waals surface area contributed by atoms with Gasteiger partial charge in [-0.05, 0) is 30.4 Å². The number of aromatic nitrogens is 1. The second-order valence-corrected chi connectivity index (χ2v) is 5.57. The van der Waals surface area contributed by atoms with Gasteiger partial charge in [0.25, 0.3) is 0 Å². The lowest BCUT2D eigenvalue weighted by molar-refractivity contribution is -0.122. The fraction of sp³-hybridized carbons (Fsp3) is 0.385. The van der Waals surface area contributed by atoms with Crippen molar-refractivity contribution < 1.29 is 4.79 Å². The van der Waals surface area contributed by atoms with E-state index in [0.717, 1.165) is 31.4 Å². The van der Waals surface area contributed by atoms with E-state index in [0.29, 0.717) is 0 Å². The zero-order valence-corrected chi connectivity index (χ0v) is 10.8. The predicted octanol–water partition coefficient (Wildman–Crippen LogP) is 2.00. The van der Waals surface area contributed by atoms with Crippen LogP contribution >= 0.6 is 11.3 Å². The van der Waals surface area contributed by atoms with Crippen molar-refractivity contribution >= 4 is 33.1 Å². The summed E-state index contributed by atoms with van der Waals surface area (Å²) in [7, 11) is 0. The standard InChI is InChI=1S/C13H15N3OS/c14-13(17)9-2-1-6-16(8-9)11-3-5-15-10-4-7-18-12(10)11/h3-5,7,9H,1-2,6,8H2,(H2,14,17). The maximum atomic E-state index is 11.3. The molecular weight excluding hydrogens is 246 g/mol. The number of amides is 1. The zero-order valence-electron chi connectivity index (χ0n) is 10.0. The van der Waals surface area contributed by atoms with E-state index in [1.807, 2.05) is 18.3 Å². The number of hydrogen-bond acceptors (Lipinski definition) is 4. The first-order chi connectivity index (χ1) is 8.75. The fourth-order valence-corrected chi connectivity index (χ4v) is 3.43. The molecule has 5 heteroatoms. The van der Waals surface area contributed by atoms with Gasteiger partial charge in [-0.2, -0.15) is 0 Å². The Morgan fingerprint density at radius 1 is 1.50 bits per heavy atom. The largest absolute Gasteiger partial charge is 0.369 e. The number of carbonyl (C=O) groups excluding carboxylic acids is 1. The molecular formula is C13H15N3OS. The van der Waals surface area contributed by atoms with Crippen LogP contribution in [0.2, 0.25) is 0 Å². The van der Waals surface area contributed by atoms with Crippen molar-refractivity contribution in [1.29, 1.82) is 0 Å². The summed E-state index contributed by atoms with van der Waals surface area (Å²) in [5.74, 6) is -0.210. The van der Waals surface area contributed by atoms with Gasteiger partial charge in [0.2, 0.25) is 5.91 Å². The van der Waals surface area contributed by atoms with Crippen LogP contribution < -0.4 is 10.6 Å². The summed E-state index contributed by atoms with van der Waals surface area (Å²) < 4.78 is 1.20. The van der Waals surface area contributed by atoms with Gasteiger partial charge in [-0.1, -0.05) is 0 Å². The van der Waals surface area contributed by atoms with Gasteiger partial charge in [0.05, 0.1) is 21.8 Å². The van der Waals surface area contributed by atoms with Crippen molar-refractivity contribution in [2.24, 2.45) is 11.7 Å². The molecule has 0 aromatic carbocycles. The van der Waals surface area contributed by atoms with Gasteiger partial charge in [-0.3, -0.25) is 9.78 Å². The summed E-state index contributed by atoms with van der Waals surface area (Å²) in [6, 6.07) is 4.06. The lowest BCUT2D eigenvalue weighted by Crippen LogP contribution is -2.41. The van der Waals surface area contributed by atoms with E-state index >= 15 is 0 Å². The van der Waals surface area contributed by atoms with Crippen molar-refractivity contribution in [1.82, 2.24) is 4.98 Å². The molecule has 94 valence electrons. The SMILES string of the molecule is NC(=O)C1CCCN(c2ccnc3ccsc23)C1. The molecule has 1 unspecified atom stereocenters. The summed E-state index contributed by atoms with van der Waals surface area (Å²) in [5, 5.41) is 2.05. The topological polar surface area (TPSA) is 59.2 Å². The number of anilines is 1. The molecule has 0 spiro atoms. The minimum atomic E-state index is -0.184. The summed E-state index contributed by atoms with van der Waals surface area (Å²) >= 11 is 1.70. The van der Waals surface area contributed by atoms with Crippen LogP contribution in [0, 0.1) is 5.92 Å². The average molecular weight is 261 g/mol. The second kappa shape index (κ2) is 4.57. The highest BCUT2D eigenvalue weighted by Crippen LogP contribution is 2.32. The first-order valence-corrected chi connectivity index (χ1v) is 7.00. The summed E-state index contributed by atoms with van der Waals surface area (Å²) in [5.41, 5.74) is 7.63. The number of nitrogens with zero attached hydrogens (tertiary/aromatic N) is 2. The number of primary amides is 1. The van der Waals surface area contributed by atoms with Crippen molar-refractivity contribution in [3.05, 3.63) is 23.7 Å². The normalized spacial score (nSPS) is 20.2. The monoisotopic (exact) mass is 261 g/mol. The summed E-state index contributed by atoms with van der Waals surface area (Å²) in [4.78, 5) is 17.9. The van der Waals surface area contributed by atoms with Crippen molar-refractivity contribution in [2.75, 3.05) is 18.0 Å². The van der Waals surface area contributed by atoms with Gasteiger partial charge in [0.15, 0.2) is 0 Å². The van der Waals surface area contributed by atoms with Crippen molar-refractivity contribution in [2.45, 2.75) is 12.8 Å². The number of hydrogen-bond donors (Lipinski definition) is 1. The van der Waals surface area contributed by atoms with Crippen LogP contribution in [0.4, 0.5) is 5.69 Å². The lowest BCUT2D eigenvalue weighted by atomic mass is 9.97. The number of rotatable bonds is 2. The van der Waals surface area contributed by atoms with Crippen molar-refractivity contribution in [3.8, 4) is 0 Å². The van der Waals surface area contributed by atoms with E-state index in [-0.39, 0.29) is 11.8 Å². The van der Waals surface area contributed by atoms with Crippen LogP contribution in [0.5, 0.6) is 0 Å². The van der Waals surface area contributed by atoms with Crippen LogP contribution in [0.25, 0.3) is 10.2 Å². The number of fused-ring (bicyclic) bond motifs is 1. The molecule has 0 saturated carbocycles. The summed E-state index contributed by atoms with van der Waals surface area (Å²) in [6.07, 6.45) is 3.76. The Labute approximate surface area is 109 Å². The molecule has 2 aromatic rings. The van der Waals surface area contributed by atoms with E-state index in [1.165, 1.54) is 10.4 Å². The molecule has 4 nitrogen and oxygen atoms in total. The molecule has 18 heavy (non-hydrogen) atoms. The molecule has 2 aromatic heterocycles. The van der Waals surface area contributed by atoms with Crippen LogP contribution in [0.3, 0.4) is 0 Å². The molecule has 1 amide bonds. The maximum absolute atomic E-state index is 11.3. The Morgan fingerprint density at radius 3 is 3.22 bits per heavy atom. The highest BCUT2D eigenvalue weighted by Gasteiger charge is 2.25. The van der Waals surface area contributed by atoms with Crippen LogP contribution in [-0.2, 0) is 4.79 Å². The number of piperidine rings is 1. The van der Waals surface area contributed by atoms with E-state index < -0.39 is 0 Å². The number of carbonyl (C=O) groups is 1. The number of nitrogens with two attached hydrogens (primary N) is 1. The van der Waals surface area contributed by atoms with E-state index in [9.17, 15) is 4.79 Å². The Balaban J connectivity index is 1.94. The first-order valence-electron chi connectivity index (χ1n) is 6.12. The number of pyridine rings is 1. The van der Waals surface area contributed by atoms with Gasteiger partial charge in [-0.15, -0.1) is 11.3 Å². The van der Waals surface area contributed by atoms with Crippen molar-refractivity contribution in [3.63, 3.8) is 0 Å². The van der Waals surface area contributed by atoms with E-state index in [2.05, 4.69) is 15.3 Å². The Kier molecular flexibility index (Phi) is 2.91. The smallest absolute Gasteiger partial charge is 0.222 e. The lowest BCUT2D eigenvalue weighted by Gasteiger charge is -2.33. The molecule has 1 aliphatic rings. The molecule has 1 atom stereocenters. The highest BCUT2D eigenvalue weighted by atomic mass is 32.1. The van der Waals surface area contributed by atoms with E-state index in [4.69, 9.17) is 5.73 Å². The minimum absolute atomic E-state index is 0.0260. The first kappa shape index (κ1) is 11.5. The van der Waals surface area contributed by atoms with Gasteiger partial charge in [0, 0.05) is 19.3 Å². The molecule has 0 radical (unpaired) electrons. The molecule has 1 aliphatic heterocycles. The zero-order chi connectivity index (χ0) is 12.5. The molecule has 2 N–H and O–H groups in total. The molecule has 0 bridgehead atoms. The van der Waals surface area contributed by atoms with E-state index in [1.54, 1.807) is 11.3 Å². The third-order valence-electron chi connectivity index (χ3n) is 3.49. The maximum Gasteiger partial charge on any atom is 0.222 e. The Hall–Kier alpha value is -1.62. The Bertz CT molecular complexity index is 580. The molecule has 3 heterocycles. The predicted molar refractivity (Wildman–Crippen MR) is 73.8 cm³/mol. The van der Waals surface area contributed by atoms with Gasteiger partial charge in [0.1, 0.15) is 0 Å². The summed E-state index contributed by atoms with van der Waals surface area (Å²) in [6.45, 7) is 1.72. The molecule has 3 rings (SSSR count). The molecule has 1 saturated heterocycles. The molecule has 1 fully saturated rings. The van der Waals surface area contributed by atoms with Gasteiger partial charge >= 0.3 is 0 Å². The van der Waals surface area contributed by atoms with Gasteiger partial charge < -0.3 is 10.6 Å². The third-order valence-corrected chi connectivity index (χ3v) is 4.41. The highest BCUT2D eigenvalue weighted by molar-refractivity contribution is 7.17. The average Bonchev–Trinajstić information content (AvgIpc) is 2.87. The molecule has 0 aliphatic carbocycles. The minimum Gasteiger partial charge on any atom is -0.369 e.